The summed E-state index contributed by atoms with van der Waals surface area (Å²) in [6.07, 6.45) is 3.00. The molecule has 2 aromatic rings. The van der Waals surface area contributed by atoms with E-state index in [2.05, 4.69) is 15.3 Å². The molecule has 1 heterocycles. The first-order chi connectivity index (χ1) is 9.47. The predicted octanol–water partition coefficient (Wildman–Crippen LogP) is 3.58. The third-order valence-electron chi connectivity index (χ3n) is 2.80. The maximum atomic E-state index is 12.0. The Labute approximate surface area is 127 Å². The molecule has 1 amide bonds. The van der Waals surface area contributed by atoms with Crippen LogP contribution in [0.2, 0.25) is 10.0 Å². The van der Waals surface area contributed by atoms with Gasteiger partial charge in [0.15, 0.2) is 0 Å². The van der Waals surface area contributed by atoms with E-state index < -0.39 is 0 Å². The molecule has 1 aromatic heterocycles. The minimum atomic E-state index is -0.281. The molecule has 1 unspecified atom stereocenters. The zero-order chi connectivity index (χ0) is 14.7. The van der Waals surface area contributed by atoms with Crippen molar-refractivity contribution in [2.75, 3.05) is 0 Å². The molecule has 0 aliphatic carbocycles. The van der Waals surface area contributed by atoms with E-state index in [1.165, 1.54) is 6.20 Å². The number of carbonyl (C=O) groups is 1. The van der Waals surface area contributed by atoms with Crippen LogP contribution in [0.15, 0.2) is 30.6 Å². The SMILES string of the molecule is Cc1cnc(C(=O)NC(C)c2ccc(Cl)c(Cl)c2)cn1. The summed E-state index contributed by atoms with van der Waals surface area (Å²) in [6.45, 7) is 3.67. The first kappa shape index (κ1) is 14.8. The second-order valence-electron chi connectivity index (χ2n) is 4.41. The molecule has 0 saturated carbocycles. The Morgan fingerprint density at radius 1 is 1.20 bits per heavy atom. The third-order valence-corrected chi connectivity index (χ3v) is 3.54. The largest absolute Gasteiger partial charge is 0.344 e. The molecular weight excluding hydrogens is 297 g/mol. The van der Waals surface area contributed by atoms with E-state index in [4.69, 9.17) is 23.2 Å². The van der Waals surface area contributed by atoms with E-state index in [1.54, 1.807) is 18.3 Å². The van der Waals surface area contributed by atoms with Crippen LogP contribution in [0.1, 0.15) is 34.7 Å². The Morgan fingerprint density at radius 3 is 2.55 bits per heavy atom. The highest BCUT2D eigenvalue weighted by molar-refractivity contribution is 6.42. The molecule has 0 radical (unpaired) electrons. The molecule has 1 N–H and O–H groups in total. The molecule has 20 heavy (non-hydrogen) atoms. The van der Waals surface area contributed by atoms with E-state index in [9.17, 15) is 4.79 Å². The van der Waals surface area contributed by atoms with Crippen LogP contribution in [0.5, 0.6) is 0 Å². The van der Waals surface area contributed by atoms with E-state index in [0.717, 1.165) is 11.3 Å². The van der Waals surface area contributed by atoms with Gasteiger partial charge < -0.3 is 5.32 Å². The highest BCUT2D eigenvalue weighted by Gasteiger charge is 2.13. The van der Waals surface area contributed by atoms with Gasteiger partial charge >= 0.3 is 0 Å². The van der Waals surface area contributed by atoms with Gasteiger partial charge in [-0.15, -0.1) is 0 Å². The average molecular weight is 310 g/mol. The topological polar surface area (TPSA) is 54.9 Å². The minimum absolute atomic E-state index is 0.208. The first-order valence-electron chi connectivity index (χ1n) is 6.02. The second kappa shape index (κ2) is 6.20. The van der Waals surface area contributed by atoms with Gasteiger partial charge in [-0.3, -0.25) is 9.78 Å². The lowest BCUT2D eigenvalue weighted by Gasteiger charge is -2.14. The van der Waals surface area contributed by atoms with Crippen molar-refractivity contribution in [1.29, 1.82) is 0 Å². The monoisotopic (exact) mass is 309 g/mol. The van der Waals surface area contributed by atoms with Gasteiger partial charge in [-0.1, -0.05) is 29.3 Å². The molecule has 0 saturated heterocycles. The highest BCUT2D eigenvalue weighted by atomic mass is 35.5. The fourth-order valence-electron chi connectivity index (χ4n) is 1.65. The zero-order valence-electron chi connectivity index (χ0n) is 11.0. The van der Waals surface area contributed by atoms with Gasteiger partial charge in [0.25, 0.3) is 5.91 Å². The van der Waals surface area contributed by atoms with Crippen LogP contribution >= 0.6 is 23.2 Å². The van der Waals surface area contributed by atoms with E-state index in [1.807, 2.05) is 19.9 Å². The van der Waals surface area contributed by atoms with Gasteiger partial charge in [0.05, 0.1) is 28.0 Å². The van der Waals surface area contributed by atoms with E-state index in [0.29, 0.717) is 10.0 Å². The first-order valence-corrected chi connectivity index (χ1v) is 6.77. The molecule has 0 spiro atoms. The molecule has 1 aromatic carbocycles. The van der Waals surface area contributed by atoms with Crippen LogP contribution in [0.3, 0.4) is 0 Å². The van der Waals surface area contributed by atoms with Gasteiger partial charge in [0.1, 0.15) is 5.69 Å². The average Bonchev–Trinajstić information content (AvgIpc) is 2.42. The molecule has 0 fully saturated rings. The number of aromatic nitrogens is 2. The lowest BCUT2D eigenvalue weighted by molar-refractivity contribution is 0.0934. The van der Waals surface area contributed by atoms with Gasteiger partial charge in [0, 0.05) is 6.20 Å². The number of halogens is 2. The summed E-state index contributed by atoms with van der Waals surface area (Å²) < 4.78 is 0. The standard InChI is InChI=1S/C14H13Cl2N3O/c1-8-6-18-13(7-17-8)14(20)19-9(2)10-3-4-11(15)12(16)5-10/h3-7,9H,1-2H3,(H,19,20). The number of amides is 1. The number of nitrogens with one attached hydrogen (secondary N) is 1. The summed E-state index contributed by atoms with van der Waals surface area (Å²) in [5.74, 6) is -0.281. The summed E-state index contributed by atoms with van der Waals surface area (Å²) in [5, 5.41) is 3.78. The fourth-order valence-corrected chi connectivity index (χ4v) is 1.95. The van der Waals surface area contributed by atoms with Crippen molar-refractivity contribution in [3.05, 3.63) is 57.6 Å². The lowest BCUT2D eigenvalue weighted by Crippen LogP contribution is -2.27. The number of hydrogen-bond donors (Lipinski definition) is 1. The molecule has 2 rings (SSSR count). The fraction of sp³-hybridized carbons (Fsp3) is 0.214. The van der Waals surface area contributed by atoms with Gasteiger partial charge in [-0.25, -0.2) is 4.98 Å². The van der Waals surface area contributed by atoms with E-state index in [-0.39, 0.29) is 17.6 Å². The van der Waals surface area contributed by atoms with Crippen molar-refractivity contribution in [1.82, 2.24) is 15.3 Å². The maximum Gasteiger partial charge on any atom is 0.271 e. The number of nitrogens with zero attached hydrogens (tertiary/aromatic N) is 2. The summed E-state index contributed by atoms with van der Waals surface area (Å²) in [4.78, 5) is 20.1. The summed E-state index contributed by atoms with van der Waals surface area (Å²) in [6, 6.07) is 5.05. The predicted molar refractivity (Wildman–Crippen MR) is 79.1 cm³/mol. The zero-order valence-corrected chi connectivity index (χ0v) is 12.5. The van der Waals surface area contributed by atoms with Crippen molar-refractivity contribution in [3.8, 4) is 0 Å². The Balaban J connectivity index is 2.10. The van der Waals surface area contributed by atoms with Crippen LogP contribution in [0.25, 0.3) is 0 Å². The van der Waals surface area contributed by atoms with Crippen LogP contribution < -0.4 is 5.32 Å². The lowest BCUT2D eigenvalue weighted by atomic mass is 10.1. The molecule has 4 nitrogen and oxygen atoms in total. The second-order valence-corrected chi connectivity index (χ2v) is 5.23. The Hall–Kier alpha value is -1.65. The van der Waals surface area contributed by atoms with Crippen molar-refractivity contribution in [2.45, 2.75) is 19.9 Å². The molecule has 104 valence electrons. The number of benzene rings is 1. The van der Waals surface area contributed by atoms with Crippen molar-refractivity contribution in [3.63, 3.8) is 0 Å². The van der Waals surface area contributed by atoms with Gasteiger partial charge in [0.2, 0.25) is 0 Å². The van der Waals surface area contributed by atoms with Crippen molar-refractivity contribution >= 4 is 29.1 Å². The number of carbonyl (C=O) groups excluding carboxylic acids is 1. The summed E-state index contributed by atoms with van der Waals surface area (Å²) >= 11 is 11.8. The molecule has 0 aliphatic rings. The van der Waals surface area contributed by atoms with Crippen LogP contribution in [-0.2, 0) is 0 Å². The minimum Gasteiger partial charge on any atom is -0.344 e. The number of hydrogen-bond acceptors (Lipinski definition) is 3. The van der Waals surface area contributed by atoms with E-state index >= 15 is 0 Å². The molecule has 0 aliphatic heterocycles. The Kier molecular flexibility index (Phi) is 4.57. The molecular formula is C14H13Cl2N3O. The summed E-state index contributed by atoms with van der Waals surface area (Å²) in [7, 11) is 0. The van der Waals surface area contributed by atoms with Gasteiger partial charge in [-0.05, 0) is 31.5 Å². The molecule has 0 bridgehead atoms. The van der Waals surface area contributed by atoms with Crippen molar-refractivity contribution in [2.24, 2.45) is 0 Å². The number of aryl methyl sites for hydroxylation is 1. The smallest absolute Gasteiger partial charge is 0.271 e. The van der Waals surface area contributed by atoms with Crippen LogP contribution in [0.4, 0.5) is 0 Å². The maximum absolute atomic E-state index is 12.0. The molecule has 6 heteroatoms. The van der Waals surface area contributed by atoms with Crippen LogP contribution in [0, 0.1) is 6.92 Å². The third kappa shape index (κ3) is 3.46. The van der Waals surface area contributed by atoms with Crippen LogP contribution in [-0.4, -0.2) is 15.9 Å². The highest BCUT2D eigenvalue weighted by Crippen LogP contribution is 2.25. The van der Waals surface area contributed by atoms with Crippen molar-refractivity contribution < 1.29 is 4.79 Å². The Bertz CT molecular complexity index is 629. The summed E-state index contributed by atoms with van der Waals surface area (Å²) in [5.41, 5.74) is 1.91. The molecule has 1 atom stereocenters. The normalized spacial score (nSPS) is 12.0. The Morgan fingerprint density at radius 2 is 1.95 bits per heavy atom. The number of rotatable bonds is 3. The quantitative estimate of drug-likeness (QED) is 0.942. The van der Waals surface area contributed by atoms with Gasteiger partial charge in [-0.2, -0.15) is 0 Å².